The zero-order chi connectivity index (χ0) is 24.9. The van der Waals surface area contributed by atoms with Gasteiger partial charge < -0.3 is 14.2 Å². The molecule has 1 aromatic heterocycles. The first-order valence-corrected chi connectivity index (χ1v) is 11.2. The molecule has 0 amide bonds. The van der Waals surface area contributed by atoms with Crippen LogP contribution in [0.3, 0.4) is 0 Å². The van der Waals surface area contributed by atoms with Crippen LogP contribution in [0.1, 0.15) is 42.2 Å². The number of aromatic amines is 1. The highest BCUT2D eigenvalue weighted by molar-refractivity contribution is 5.82. The minimum absolute atomic E-state index is 0.161. The SMILES string of the molecule is CC(=O)O[C@H]1C[C@H](n2cc(C)c(=O)[nH]c2=O)O[C@@H]1COC(=O)C(c1ccccc1)c1ccccc1. The van der Waals surface area contributed by atoms with Crippen molar-refractivity contribution in [1.29, 1.82) is 0 Å². The van der Waals surface area contributed by atoms with E-state index in [9.17, 15) is 19.2 Å². The van der Waals surface area contributed by atoms with E-state index >= 15 is 0 Å². The van der Waals surface area contributed by atoms with E-state index in [0.717, 1.165) is 11.1 Å². The minimum Gasteiger partial charge on any atom is -0.462 e. The molecule has 0 unspecified atom stereocenters. The summed E-state index contributed by atoms with van der Waals surface area (Å²) in [5, 5.41) is 0. The topological polar surface area (TPSA) is 117 Å². The number of H-pyrrole nitrogens is 1. The van der Waals surface area contributed by atoms with Crippen molar-refractivity contribution in [3.63, 3.8) is 0 Å². The second-order valence-electron chi connectivity index (χ2n) is 8.38. The van der Waals surface area contributed by atoms with Crippen molar-refractivity contribution in [1.82, 2.24) is 9.55 Å². The molecule has 2 aromatic carbocycles. The summed E-state index contributed by atoms with van der Waals surface area (Å²) in [5.74, 6) is -1.65. The number of hydrogen-bond acceptors (Lipinski definition) is 7. The van der Waals surface area contributed by atoms with Crippen molar-refractivity contribution in [2.75, 3.05) is 6.61 Å². The Kier molecular flexibility index (Phi) is 7.26. The van der Waals surface area contributed by atoms with Gasteiger partial charge in [-0.2, -0.15) is 0 Å². The highest BCUT2D eigenvalue weighted by Crippen LogP contribution is 2.31. The van der Waals surface area contributed by atoms with Gasteiger partial charge in [-0.05, 0) is 18.1 Å². The Balaban J connectivity index is 1.54. The van der Waals surface area contributed by atoms with Crippen molar-refractivity contribution in [3.8, 4) is 0 Å². The average molecular weight is 479 g/mol. The van der Waals surface area contributed by atoms with E-state index in [4.69, 9.17) is 14.2 Å². The van der Waals surface area contributed by atoms with Crippen LogP contribution in [0.25, 0.3) is 0 Å². The normalized spacial score (nSPS) is 19.5. The number of nitrogens with zero attached hydrogens (tertiary/aromatic N) is 1. The van der Waals surface area contributed by atoms with Crippen LogP contribution in [0.15, 0.2) is 76.4 Å². The summed E-state index contributed by atoms with van der Waals surface area (Å²) in [5.41, 5.74) is 0.763. The number of carbonyl (C=O) groups is 2. The van der Waals surface area contributed by atoms with Crippen molar-refractivity contribution < 1.29 is 23.8 Å². The largest absolute Gasteiger partial charge is 0.462 e. The Morgan fingerprint density at radius 3 is 2.23 bits per heavy atom. The zero-order valence-corrected chi connectivity index (χ0v) is 19.4. The molecule has 2 heterocycles. The van der Waals surface area contributed by atoms with Gasteiger partial charge in [-0.3, -0.25) is 23.9 Å². The average Bonchev–Trinajstić information content (AvgIpc) is 3.23. The van der Waals surface area contributed by atoms with Crippen molar-refractivity contribution in [2.45, 2.75) is 44.6 Å². The number of ether oxygens (including phenoxy) is 3. The molecule has 4 rings (SSSR count). The van der Waals surface area contributed by atoms with Gasteiger partial charge in [0.25, 0.3) is 5.56 Å². The molecule has 0 aliphatic carbocycles. The third-order valence-corrected chi connectivity index (χ3v) is 5.85. The molecule has 0 bridgehead atoms. The Hall–Kier alpha value is -3.98. The summed E-state index contributed by atoms with van der Waals surface area (Å²) in [6.45, 7) is 2.66. The van der Waals surface area contributed by atoms with Gasteiger partial charge in [-0.25, -0.2) is 4.79 Å². The maximum Gasteiger partial charge on any atom is 0.330 e. The van der Waals surface area contributed by atoms with Crippen LogP contribution in [-0.2, 0) is 23.8 Å². The molecule has 0 radical (unpaired) electrons. The molecule has 1 N–H and O–H groups in total. The summed E-state index contributed by atoms with van der Waals surface area (Å²) in [7, 11) is 0. The molecule has 9 nitrogen and oxygen atoms in total. The summed E-state index contributed by atoms with van der Waals surface area (Å²) in [4.78, 5) is 51.2. The molecule has 3 aromatic rings. The van der Waals surface area contributed by atoms with Crippen LogP contribution in [0.5, 0.6) is 0 Å². The maximum absolute atomic E-state index is 13.2. The first-order valence-electron chi connectivity index (χ1n) is 11.2. The summed E-state index contributed by atoms with van der Waals surface area (Å²) >= 11 is 0. The van der Waals surface area contributed by atoms with Gasteiger partial charge >= 0.3 is 17.6 Å². The first kappa shape index (κ1) is 24.2. The third kappa shape index (κ3) is 5.58. The van der Waals surface area contributed by atoms with Crippen LogP contribution in [0, 0.1) is 6.92 Å². The van der Waals surface area contributed by atoms with E-state index in [2.05, 4.69) is 4.98 Å². The summed E-state index contributed by atoms with van der Waals surface area (Å²) < 4.78 is 18.3. The fraction of sp³-hybridized carbons (Fsp3) is 0.308. The van der Waals surface area contributed by atoms with Gasteiger partial charge in [0.15, 0.2) is 0 Å². The molecule has 3 atom stereocenters. The van der Waals surface area contributed by atoms with E-state index in [1.807, 2.05) is 60.7 Å². The first-order chi connectivity index (χ1) is 16.8. The smallest absolute Gasteiger partial charge is 0.330 e. The Bertz CT molecular complexity index is 1260. The van der Waals surface area contributed by atoms with E-state index in [1.165, 1.54) is 17.7 Å². The van der Waals surface area contributed by atoms with Crippen molar-refractivity contribution in [2.24, 2.45) is 0 Å². The lowest BCUT2D eigenvalue weighted by atomic mass is 9.91. The molecular weight excluding hydrogens is 452 g/mol. The lowest BCUT2D eigenvalue weighted by Gasteiger charge is -2.21. The fourth-order valence-electron chi connectivity index (χ4n) is 4.16. The summed E-state index contributed by atoms with van der Waals surface area (Å²) in [6, 6.07) is 18.6. The van der Waals surface area contributed by atoms with Crippen LogP contribution in [0.4, 0.5) is 0 Å². The molecule has 35 heavy (non-hydrogen) atoms. The highest BCUT2D eigenvalue weighted by Gasteiger charge is 2.40. The maximum atomic E-state index is 13.2. The van der Waals surface area contributed by atoms with Crippen LogP contribution >= 0.6 is 0 Å². The second kappa shape index (κ2) is 10.5. The molecule has 1 aliphatic rings. The quantitative estimate of drug-likeness (QED) is 0.519. The van der Waals surface area contributed by atoms with Crippen molar-refractivity contribution >= 4 is 11.9 Å². The Labute approximate surface area is 201 Å². The number of hydrogen-bond donors (Lipinski definition) is 1. The molecule has 1 aliphatic heterocycles. The third-order valence-electron chi connectivity index (χ3n) is 5.85. The predicted octanol–water partition coefficient (Wildman–Crippen LogP) is 2.44. The Morgan fingerprint density at radius 1 is 1.06 bits per heavy atom. The number of nitrogens with one attached hydrogen (secondary N) is 1. The monoisotopic (exact) mass is 478 g/mol. The molecule has 1 fully saturated rings. The van der Waals surface area contributed by atoms with Gasteiger partial charge in [0.1, 0.15) is 31.0 Å². The molecular formula is C26H26N2O7. The van der Waals surface area contributed by atoms with Gasteiger partial charge in [-0.1, -0.05) is 60.7 Å². The van der Waals surface area contributed by atoms with E-state index in [-0.39, 0.29) is 13.0 Å². The van der Waals surface area contributed by atoms with Gasteiger partial charge in [-0.15, -0.1) is 0 Å². The van der Waals surface area contributed by atoms with Crippen LogP contribution in [-0.4, -0.2) is 40.3 Å². The van der Waals surface area contributed by atoms with Crippen LogP contribution < -0.4 is 11.2 Å². The molecule has 9 heteroatoms. The van der Waals surface area contributed by atoms with Gasteiger partial charge in [0, 0.05) is 25.1 Å². The molecule has 1 saturated heterocycles. The highest BCUT2D eigenvalue weighted by atomic mass is 16.6. The number of aryl methyl sites for hydroxylation is 1. The second-order valence-corrected chi connectivity index (χ2v) is 8.38. The van der Waals surface area contributed by atoms with E-state index in [0.29, 0.717) is 5.56 Å². The van der Waals surface area contributed by atoms with Crippen LogP contribution in [0.2, 0.25) is 0 Å². The van der Waals surface area contributed by atoms with Gasteiger partial charge in [0.2, 0.25) is 0 Å². The fourth-order valence-corrected chi connectivity index (χ4v) is 4.16. The van der Waals surface area contributed by atoms with Gasteiger partial charge in [0.05, 0.1) is 0 Å². The predicted molar refractivity (Wildman–Crippen MR) is 126 cm³/mol. The van der Waals surface area contributed by atoms with Crippen molar-refractivity contribution in [3.05, 3.63) is 104 Å². The number of esters is 2. The number of aromatic nitrogens is 2. The number of rotatable bonds is 7. The van der Waals surface area contributed by atoms with E-state index in [1.54, 1.807) is 6.92 Å². The number of carbonyl (C=O) groups excluding carboxylic acids is 2. The lowest BCUT2D eigenvalue weighted by molar-refractivity contribution is -0.157. The lowest BCUT2D eigenvalue weighted by Crippen LogP contribution is -2.34. The zero-order valence-electron chi connectivity index (χ0n) is 19.4. The summed E-state index contributed by atoms with van der Waals surface area (Å²) in [6.07, 6.45) is -0.777. The molecule has 182 valence electrons. The molecule has 0 spiro atoms. The number of benzene rings is 2. The molecule has 0 saturated carbocycles. The minimum atomic E-state index is -0.801. The standard InChI is InChI=1S/C26H26N2O7/c1-16-14-28(26(32)27-24(16)30)22-13-20(34-17(2)29)21(35-22)15-33-25(31)23(18-9-5-3-6-10-18)19-11-7-4-8-12-19/h3-12,14,20-23H,13,15H2,1-2H3,(H,27,30,32)/t20-,21+,22+/m0/s1. The Morgan fingerprint density at radius 2 is 1.66 bits per heavy atom. The van der Waals surface area contributed by atoms with E-state index < -0.39 is 47.5 Å².